The number of nitrogens with zero attached hydrogens (tertiary/aromatic N) is 3. The van der Waals surface area contributed by atoms with Crippen LogP contribution in [0, 0.1) is 35.3 Å². The second kappa shape index (κ2) is 10.0. The van der Waals surface area contributed by atoms with E-state index in [0.717, 1.165) is 17.2 Å². The van der Waals surface area contributed by atoms with Crippen LogP contribution in [-0.4, -0.2) is 37.1 Å². The molecule has 9 heteroatoms. The Labute approximate surface area is 173 Å². The minimum Gasteiger partial charge on any atom is -0.490 e. The first kappa shape index (κ1) is 22.4. The highest BCUT2D eigenvalue weighted by Crippen LogP contribution is 2.28. The Bertz CT molecular complexity index is 992. The third kappa shape index (κ3) is 5.54. The van der Waals surface area contributed by atoms with E-state index in [1.165, 1.54) is 24.1 Å². The molecule has 0 radical (unpaired) electrons. The zero-order valence-electron chi connectivity index (χ0n) is 16.9. The molecule has 30 heavy (non-hydrogen) atoms. The summed E-state index contributed by atoms with van der Waals surface area (Å²) in [6.07, 6.45) is 0.108. The van der Waals surface area contributed by atoms with Gasteiger partial charge in [0.2, 0.25) is 0 Å². The number of ether oxygens (including phenoxy) is 2. The molecule has 2 aromatic rings. The van der Waals surface area contributed by atoms with Gasteiger partial charge in [-0.3, -0.25) is 14.9 Å². The molecule has 2 rings (SSSR count). The highest BCUT2D eigenvalue weighted by molar-refractivity contribution is 5.97. The van der Waals surface area contributed by atoms with Gasteiger partial charge >= 0.3 is 11.7 Å². The quantitative estimate of drug-likeness (QED) is 0.371. The second-order valence-corrected chi connectivity index (χ2v) is 6.52. The third-order valence-corrected chi connectivity index (χ3v) is 4.20. The molecule has 0 atom stereocenters. The number of methoxy groups -OCH3 is 1. The minimum absolute atomic E-state index is 0.00474. The molecule has 0 bridgehead atoms. The first-order valence-electron chi connectivity index (χ1n) is 9.02. The molecule has 0 spiro atoms. The Morgan fingerprint density at radius 3 is 2.40 bits per heavy atom. The van der Waals surface area contributed by atoms with Crippen molar-refractivity contribution in [2.24, 2.45) is 0 Å². The molecular formula is C21H21N3O6. The lowest BCUT2D eigenvalue weighted by Crippen LogP contribution is -2.35. The van der Waals surface area contributed by atoms with Crippen LogP contribution in [0.2, 0.25) is 0 Å². The number of nitro benzene ring substituents is 1. The summed E-state index contributed by atoms with van der Waals surface area (Å²) in [5.74, 6) is -1.38. The maximum atomic E-state index is 12.7. The van der Waals surface area contributed by atoms with Crippen LogP contribution in [0.1, 0.15) is 27.9 Å². The molecule has 0 fully saturated rings. The normalized spacial score (nSPS) is 10.1. The summed E-state index contributed by atoms with van der Waals surface area (Å²) in [6.45, 7) is 3.35. The number of anilines is 1. The van der Waals surface area contributed by atoms with Gasteiger partial charge in [0.05, 0.1) is 30.1 Å². The Hall–Kier alpha value is -3.93. The van der Waals surface area contributed by atoms with Gasteiger partial charge in [0, 0.05) is 18.3 Å². The zero-order valence-corrected chi connectivity index (χ0v) is 16.9. The maximum Gasteiger partial charge on any atom is 0.338 e. The lowest BCUT2D eigenvalue weighted by molar-refractivity contribution is -0.385. The molecule has 0 aliphatic heterocycles. The minimum atomic E-state index is -0.880. The number of rotatable bonds is 8. The van der Waals surface area contributed by atoms with Crippen molar-refractivity contribution in [1.29, 1.82) is 5.26 Å². The van der Waals surface area contributed by atoms with Gasteiger partial charge in [-0.15, -0.1) is 0 Å². The van der Waals surface area contributed by atoms with Crippen molar-refractivity contribution < 1.29 is 24.0 Å². The molecule has 2 aromatic carbocycles. The fraction of sp³-hybridized carbons (Fsp3) is 0.286. The van der Waals surface area contributed by atoms with Crippen molar-refractivity contribution in [2.75, 3.05) is 25.2 Å². The molecule has 1 amide bonds. The number of nitro groups is 1. The van der Waals surface area contributed by atoms with E-state index in [1.54, 1.807) is 12.1 Å². The van der Waals surface area contributed by atoms with Crippen LogP contribution in [0.3, 0.4) is 0 Å². The van der Waals surface area contributed by atoms with Crippen molar-refractivity contribution in [3.05, 3.63) is 63.2 Å². The van der Waals surface area contributed by atoms with Crippen molar-refractivity contribution in [3.8, 4) is 11.8 Å². The van der Waals surface area contributed by atoms with E-state index in [0.29, 0.717) is 5.69 Å². The van der Waals surface area contributed by atoms with Crippen molar-refractivity contribution in [3.63, 3.8) is 0 Å². The SMILES string of the molecule is COc1ccc(C(=O)OCC(=O)N(CCC#N)c2cc(C)cc(C)c2)cc1[N+](=O)[O-]. The lowest BCUT2D eigenvalue weighted by Gasteiger charge is -2.22. The topological polar surface area (TPSA) is 123 Å². The average molecular weight is 411 g/mol. The van der Waals surface area contributed by atoms with Crippen LogP contribution < -0.4 is 9.64 Å². The molecule has 156 valence electrons. The van der Waals surface area contributed by atoms with Gasteiger partial charge in [-0.05, 0) is 49.2 Å². The Balaban J connectivity index is 2.16. The van der Waals surface area contributed by atoms with E-state index in [9.17, 15) is 19.7 Å². The van der Waals surface area contributed by atoms with E-state index >= 15 is 0 Å². The molecule has 0 saturated heterocycles. The third-order valence-electron chi connectivity index (χ3n) is 4.20. The molecule has 0 saturated carbocycles. The fourth-order valence-corrected chi connectivity index (χ4v) is 2.91. The molecule has 9 nitrogen and oxygen atoms in total. The van der Waals surface area contributed by atoms with Crippen LogP contribution in [-0.2, 0) is 9.53 Å². The number of hydrogen-bond acceptors (Lipinski definition) is 7. The molecule has 0 unspecified atom stereocenters. The van der Waals surface area contributed by atoms with Gasteiger partial charge in [-0.25, -0.2) is 4.79 Å². The number of carbonyl (C=O) groups is 2. The highest BCUT2D eigenvalue weighted by atomic mass is 16.6. The molecule has 0 heterocycles. The van der Waals surface area contributed by atoms with Crippen molar-refractivity contribution >= 4 is 23.3 Å². The molecule has 0 aliphatic rings. The summed E-state index contributed by atoms with van der Waals surface area (Å²) < 4.78 is 9.96. The van der Waals surface area contributed by atoms with Crippen LogP contribution in [0.4, 0.5) is 11.4 Å². The predicted octanol–water partition coefficient (Wildman–Crippen LogP) is 3.32. The van der Waals surface area contributed by atoms with Gasteiger partial charge in [0.1, 0.15) is 0 Å². The number of nitriles is 1. The van der Waals surface area contributed by atoms with Crippen LogP contribution in [0.25, 0.3) is 0 Å². The number of aryl methyl sites for hydroxylation is 2. The number of amides is 1. The highest BCUT2D eigenvalue weighted by Gasteiger charge is 2.22. The van der Waals surface area contributed by atoms with E-state index < -0.39 is 23.4 Å². The van der Waals surface area contributed by atoms with Gasteiger partial charge in [0.25, 0.3) is 5.91 Å². The molecular weight excluding hydrogens is 390 g/mol. The number of benzene rings is 2. The van der Waals surface area contributed by atoms with Crippen molar-refractivity contribution in [1.82, 2.24) is 0 Å². The Morgan fingerprint density at radius 1 is 1.17 bits per heavy atom. The number of carbonyl (C=O) groups excluding carboxylic acids is 2. The largest absolute Gasteiger partial charge is 0.490 e. The summed E-state index contributed by atoms with van der Waals surface area (Å²) in [4.78, 5) is 36.8. The van der Waals surface area contributed by atoms with E-state index in [-0.39, 0.29) is 30.0 Å². The summed E-state index contributed by atoms with van der Waals surface area (Å²) in [7, 11) is 1.28. The number of esters is 1. The fourth-order valence-electron chi connectivity index (χ4n) is 2.91. The second-order valence-electron chi connectivity index (χ2n) is 6.52. The maximum absolute atomic E-state index is 12.7. The smallest absolute Gasteiger partial charge is 0.338 e. The van der Waals surface area contributed by atoms with E-state index in [4.69, 9.17) is 14.7 Å². The van der Waals surface area contributed by atoms with Crippen LogP contribution >= 0.6 is 0 Å². The standard InChI is InChI=1S/C21H21N3O6/c1-14-9-15(2)11-17(10-14)23(8-4-7-22)20(25)13-30-21(26)16-5-6-19(29-3)18(12-16)24(27)28/h5-6,9-12H,4,8,13H2,1-3H3. The zero-order chi connectivity index (χ0) is 22.3. The van der Waals surface area contributed by atoms with Gasteiger partial charge in [-0.2, -0.15) is 5.26 Å². The van der Waals surface area contributed by atoms with E-state index in [1.807, 2.05) is 26.0 Å². The first-order valence-corrected chi connectivity index (χ1v) is 9.02. The lowest BCUT2D eigenvalue weighted by atomic mass is 10.1. The Morgan fingerprint density at radius 2 is 1.83 bits per heavy atom. The Kier molecular flexibility index (Phi) is 7.47. The van der Waals surface area contributed by atoms with Gasteiger partial charge < -0.3 is 14.4 Å². The van der Waals surface area contributed by atoms with Crippen LogP contribution in [0.5, 0.6) is 5.75 Å². The summed E-state index contributed by atoms with van der Waals surface area (Å²) >= 11 is 0. The summed E-state index contributed by atoms with van der Waals surface area (Å²) in [5, 5.41) is 20.0. The molecule has 0 aromatic heterocycles. The van der Waals surface area contributed by atoms with Gasteiger partial charge in [0.15, 0.2) is 12.4 Å². The average Bonchev–Trinajstić information content (AvgIpc) is 2.71. The summed E-state index contributed by atoms with van der Waals surface area (Å²) in [6, 6.07) is 11.2. The van der Waals surface area contributed by atoms with E-state index in [2.05, 4.69) is 0 Å². The molecule has 0 aliphatic carbocycles. The first-order chi connectivity index (χ1) is 14.3. The summed E-state index contributed by atoms with van der Waals surface area (Å²) in [5.41, 5.74) is 2.03. The monoisotopic (exact) mass is 411 g/mol. The van der Waals surface area contributed by atoms with Crippen molar-refractivity contribution in [2.45, 2.75) is 20.3 Å². The number of hydrogen-bond donors (Lipinski definition) is 0. The van der Waals surface area contributed by atoms with Crippen LogP contribution in [0.15, 0.2) is 36.4 Å². The predicted molar refractivity (Wildman–Crippen MR) is 108 cm³/mol. The van der Waals surface area contributed by atoms with Gasteiger partial charge in [-0.1, -0.05) is 6.07 Å². The molecule has 0 N–H and O–H groups in total.